The van der Waals surface area contributed by atoms with Crippen molar-refractivity contribution in [2.45, 2.75) is 26.1 Å². The predicted molar refractivity (Wildman–Crippen MR) is 115 cm³/mol. The molecular formula is C21H23BrClN3O2. The maximum atomic E-state index is 6.20. The number of rotatable bonds is 10. The van der Waals surface area contributed by atoms with E-state index in [9.17, 15) is 0 Å². The summed E-state index contributed by atoms with van der Waals surface area (Å²) in [4.78, 5) is 4.05. The topological polar surface area (TPSA) is 48.3 Å². The molecule has 0 atom stereocenters. The monoisotopic (exact) mass is 463 g/mol. The summed E-state index contributed by atoms with van der Waals surface area (Å²) in [6, 6.07) is 11.6. The Kier molecular flexibility index (Phi) is 7.77. The van der Waals surface area contributed by atoms with Crippen LogP contribution in [0.2, 0.25) is 5.02 Å². The first-order chi connectivity index (χ1) is 13.7. The molecule has 0 amide bonds. The van der Waals surface area contributed by atoms with Crippen LogP contribution in [-0.4, -0.2) is 23.2 Å². The molecule has 3 aromatic rings. The first kappa shape index (κ1) is 20.7. The van der Waals surface area contributed by atoms with Crippen LogP contribution in [0.15, 0.2) is 59.6 Å². The molecule has 0 fully saturated rings. The third-order valence-electron chi connectivity index (χ3n) is 4.32. The quantitative estimate of drug-likeness (QED) is 0.426. The number of hydrogen-bond acceptors (Lipinski definition) is 4. The second-order valence-corrected chi connectivity index (χ2v) is 7.57. The molecule has 0 radical (unpaired) electrons. The molecule has 0 bridgehead atoms. The number of nitrogens with zero attached hydrogens (tertiary/aromatic N) is 2. The first-order valence-corrected chi connectivity index (χ1v) is 10.2. The molecule has 1 aromatic heterocycles. The molecule has 0 aliphatic rings. The summed E-state index contributed by atoms with van der Waals surface area (Å²) >= 11 is 9.84. The Bertz CT molecular complexity index is 887. The average molecular weight is 465 g/mol. The summed E-state index contributed by atoms with van der Waals surface area (Å²) < 4.78 is 14.5. The highest BCUT2D eigenvalue weighted by molar-refractivity contribution is 9.10. The van der Waals surface area contributed by atoms with Gasteiger partial charge < -0.3 is 19.4 Å². The van der Waals surface area contributed by atoms with Gasteiger partial charge in [0, 0.05) is 40.5 Å². The van der Waals surface area contributed by atoms with E-state index in [0.29, 0.717) is 23.1 Å². The summed E-state index contributed by atoms with van der Waals surface area (Å²) in [5.41, 5.74) is 2.05. The van der Waals surface area contributed by atoms with Crippen LogP contribution in [0.3, 0.4) is 0 Å². The van der Waals surface area contributed by atoms with Crippen LogP contribution in [-0.2, 0) is 19.7 Å². The summed E-state index contributed by atoms with van der Waals surface area (Å²) in [5.74, 6) is 1.38. The van der Waals surface area contributed by atoms with Crippen molar-refractivity contribution in [2.75, 3.05) is 13.7 Å². The van der Waals surface area contributed by atoms with Crippen molar-refractivity contribution in [2.24, 2.45) is 0 Å². The number of methoxy groups -OCH3 is 1. The molecule has 0 aliphatic heterocycles. The van der Waals surface area contributed by atoms with E-state index in [-0.39, 0.29) is 0 Å². The van der Waals surface area contributed by atoms with E-state index >= 15 is 0 Å². The lowest BCUT2D eigenvalue weighted by molar-refractivity contribution is 0.284. The highest BCUT2D eigenvalue weighted by Gasteiger charge is 2.11. The van der Waals surface area contributed by atoms with Gasteiger partial charge in [0.2, 0.25) is 0 Å². The first-order valence-electron chi connectivity index (χ1n) is 9.06. The van der Waals surface area contributed by atoms with E-state index < -0.39 is 0 Å². The van der Waals surface area contributed by atoms with Crippen LogP contribution in [0.5, 0.6) is 11.5 Å². The van der Waals surface area contributed by atoms with Crippen molar-refractivity contribution in [3.63, 3.8) is 0 Å². The second kappa shape index (κ2) is 10.5. The van der Waals surface area contributed by atoms with Crippen molar-refractivity contribution in [3.05, 3.63) is 75.7 Å². The Hall–Kier alpha value is -2.02. The number of nitrogens with one attached hydrogen (secondary N) is 1. The van der Waals surface area contributed by atoms with Gasteiger partial charge in [-0.2, -0.15) is 0 Å². The SMILES string of the molecule is COc1cc(CNCCCn2ccnc2)c(Br)cc1OCc1ccccc1Cl. The normalized spacial score (nSPS) is 10.8. The second-order valence-electron chi connectivity index (χ2n) is 6.31. The van der Waals surface area contributed by atoms with Crippen LogP contribution in [0, 0.1) is 0 Å². The van der Waals surface area contributed by atoms with Crippen molar-refractivity contribution in [1.82, 2.24) is 14.9 Å². The van der Waals surface area contributed by atoms with Crippen molar-refractivity contribution >= 4 is 27.5 Å². The van der Waals surface area contributed by atoms with Crippen molar-refractivity contribution < 1.29 is 9.47 Å². The van der Waals surface area contributed by atoms with Gasteiger partial charge in [0.15, 0.2) is 11.5 Å². The molecule has 1 heterocycles. The molecule has 28 heavy (non-hydrogen) atoms. The van der Waals surface area contributed by atoms with Gasteiger partial charge in [-0.1, -0.05) is 45.7 Å². The Morgan fingerprint density at radius 3 is 2.79 bits per heavy atom. The number of aryl methyl sites for hydroxylation is 1. The molecule has 148 valence electrons. The fraction of sp³-hybridized carbons (Fsp3) is 0.286. The number of hydrogen-bond donors (Lipinski definition) is 1. The molecule has 0 saturated carbocycles. The van der Waals surface area contributed by atoms with Crippen LogP contribution in [0.1, 0.15) is 17.5 Å². The van der Waals surface area contributed by atoms with Gasteiger partial charge in [0.05, 0.1) is 13.4 Å². The molecule has 7 heteroatoms. The average Bonchev–Trinajstić information content (AvgIpc) is 3.22. The van der Waals surface area contributed by atoms with Crippen molar-refractivity contribution in [3.8, 4) is 11.5 Å². The van der Waals surface area contributed by atoms with Gasteiger partial charge in [-0.05, 0) is 36.7 Å². The lowest BCUT2D eigenvalue weighted by Crippen LogP contribution is -2.16. The highest BCUT2D eigenvalue weighted by Crippen LogP contribution is 2.34. The molecule has 0 saturated heterocycles. The standard InChI is InChI=1S/C21H23BrClN3O2/c1-27-20-11-17(13-24-7-4-9-26-10-8-25-15-26)18(22)12-21(20)28-14-16-5-2-3-6-19(16)23/h2-3,5-6,8,10-12,15,24H,4,7,9,13-14H2,1H3. The van der Waals surface area contributed by atoms with Crippen molar-refractivity contribution in [1.29, 1.82) is 0 Å². The summed E-state index contributed by atoms with van der Waals surface area (Å²) in [6.07, 6.45) is 6.64. The van der Waals surface area contributed by atoms with Gasteiger partial charge in [-0.15, -0.1) is 0 Å². The summed E-state index contributed by atoms with van der Waals surface area (Å²) in [7, 11) is 1.65. The highest BCUT2D eigenvalue weighted by atomic mass is 79.9. The number of halogens is 2. The van der Waals surface area contributed by atoms with E-state index in [1.54, 1.807) is 13.3 Å². The fourth-order valence-electron chi connectivity index (χ4n) is 2.78. The minimum Gasteiger partial charge on any atom is -0.493 e. The van der Waals surface area contributed by atoms with E-state index in [4.69, 9.17) is 21.1 Å². The number of ether oxygens (including phenoxy) is 2. The van der Waals surface area contributed by atoms with Crippen LogP contribution >= 0.6 is 27.5 Å². The van der Waals surface area contributed by atoms with E-state index in [0.717, 1.165) is 41.7 Å². The Balaban J connectivity index is 1.55. The zero-order chi connectivity index (χ0) is 19.8. The molecule has 0 aliphatic carbocycles. The van der Waals surface area contributed by atoms with Gasteiger partial charge >= 0.3 is 0 Å². The molecule has 1 N–H and O–H groups in total. The van der Waals surface area contributed by atoms with Crippen LogP contribution in [0.25, 0.3) is 0 Å². The van der Waals surface area contributed by atoms with Crippen LogP contribution in [0.4, 0.5) is 0 Å². The van der Waals surface area contributed by atoms with Crippen LogP contribution < -0.4 is 14.8 Å². The zero-order valence-electron chi connectivity index (χ0n) is 15.7. The number of benzene rings is 2. The summed E-state index contributed by atoms with van der Waals surface area (Å²) in [6.45, 7) is 2.99. The molecule has 5 nitrogen and oxygen atoms in total. The largest absolute Gasteiger partial charge is 0.493 e. The van der Waals surface area contributed by atoms with E-state index in [2.05, 4.69) is 30.8 Å². The molecule has 0 unspecified atom stereocenters. The minimum atomic E-state index is 0.383. The zero-order valence-corrected chi connectivity index (χ0v) is 18.0. The maximum Gasteiger partial charge on any atom is 0.162 e. The minimum absolute atomic E-state index is 0.383. The van der Waals surface area contributed by atoms with E-state index in [1.165, 1.54) is 0 Å². The van der Waals surface area contributed by atoms with Gasteiger partial charge in [0.1, 0.15) is 6.61 Å². The Labute approximate surface area is 178 Å². The lowest BCUT2D eigenvalue weighted by Gasteiger charge is -2.15. The number of aromatic nitrogens is 2. The van der Waals surface area contributed by atoms with Gasteiger partial charge in [-0.25, -0.2) is 4.98 Å². The third kappa shape index (κ3) is 5.74. The number of imidazole rings is 1. The van der Waals surface area contributed by atoms with Gasteiger partial charge in [-0.3, -0.25) is 0 Å². The molecular weight excluding hydrogens is 442 g/mol. The Morgan fingerprint density at radius 1 is 1.18 bits per heavy atom. The molecule has 0 spiro atoms. The third-order valence-corrected chi connectivity index (χ3v) is 5.43. The fourth-order valence-corrected chi connectivity index (χ4v) is 3.44. The lowest BCUT2D eigenvalue weighted by atomic mass is 10.2. The smallest absolute Gasteiger partial charge is 0.162 e. The molecule has 3 rings (SSSR count). The molecule has 2 aromatic carbocycles. The predicted octanol–water partition coefficient (Wildman–Crippen LogP) is 5.07. The van der Waals surface area contributed by atoms with Gasteiger partial charge in [0.25, 0.3) is 0 Å². The summed E-state index contributed by atoms with van der Waals surface area (Å²) in [5, 5.41) is 4.16. The maximum absolute atomic E-state index is 6.20. The van der Waals surface area contributed by atoms with E-state index in [1.807, 2.05) is 48.9 Å². The Morgan fingerprint density at radius 2 is 2.04 bits per heavy atom.